The number of hydrogen-bond donors (Lipinski definition) is 1. The first kappa shape index (κ1) is 13.1. The second-order valence-corrected chi connectivity index (χ2v) is 3.84. The number of aromatic nitrogens is 3. The number of amides is 1. The molecule has 0 bridgehead atoms. The topological polar surface area (TPSA) is 73.0 Å². The maximum Gasteiger partial charge on any atom is 0.437 e. The first-order valence-electron chi connectivity index (χ1n) is 5.13. The fourth-order valence-corrected chi connectivity index (χ4v) is 1.45. The van der Waals surface area contributed by atoms with Crippen molar-refractivity contribution < 1.29 is 22.5 Å². The van der Waals surface area contributed by atoms with Crippen molar-refractivity contribution in [1.29, 1.82) is 0 Å². The number of rotatable bonds is 2. The molecule has 0 radical (unpaired) electrons. The summed E-state index contributed by atoms with van der Waals surface area (Å²) in [6, 6.07) is 1.32. The fraction of sp³-hybridized carbons (Fsp3) is 0.300. The van der Waals surface area contributed by atoms with Crippen molar-refractivity contribution >= 4 is 11.6 Å². The van der Waals surface area contributed by atoms with E-state index in [2.05, 4.69) is 20.1 Å². The molecule has 6 nitrogen and oxygen atoms in total. The maximum absolute atomic E-state index is 12.7. The van der Waals surface area contributed by atoms with Gasteiger partial charge in [-0.2, -0.15) is 18.3 Å². The highest BCUT2D eigenvalue weighted by atomic mass is 19.4. The zero-order valence-electron chi connectivity index (χ0n) is 9.95. The van der Waals surface area contributed by atoms with Gasteiger partial charge >= 0.3 is 6.18 Å². The predicted molar refractivity (Wildman–Crippen MR) is 57.4 cm³/mol. The summed E-state index contributed by atoms with van der Waals surface area (Å²) in [6.07, 6.45) is -3.59. The van der Waals surface area contributed by atoms with E-state index in [0.29, 0.717) is 5.76 Å². The van der Waals surface area contributed by atoms with Crippen LogP contribution in [0.15, 0.2) is 16.8 Å². The molecule has 0 atom stereocenters. The number of anilines is 1. The minimum Gasteiger partial charge on any atom is -0.361 e. The van der Waals surface area contributed by atoms with Crippen molar-refractivity contribution in [2.45, 2.75) is 13.1 Å². The quantitative estimate of drug-likeness (QED) is 0.908. The lowest BCUT2D eigenvalue weighted by Gasteiger charge is -2.06. The molecule has 19 heavy (non-hydrogen) atoms. The molecule has 0 aliphatic heterocycles. The largest absolute Gasteiger partial charge is 0.437 e. The molecule has 1 amide bonds. The minimum absolute atomic E-state index is 0.102. The van der Waals surface area contributed by atoms with Crippen LogP contribution in [0.4, 0.5) is 18.9 Å². The van der Waals surface area contributed by atoms with E-state index in [4.69, 9.17) is 0 Å². The molecule has 0 saturated heterocycles. The highest BCUT2D eigenvalue weighted by molar-refractivity contribution is 6.03. The van der Waals surface area contributed by atoms with Gasteiger partial charge in [0.2, 0.25) is 0 Å². The molecule has 0 aliphatic carbocycles. The third-order valence-electron chi connectivity index (χ3n) is 2.21. The fourth-order valence-electron chi connectivity index (χ4n) is 1.45. The Morgan fingerprint density at radius 3 is 2.68 bits per heavy atom. The maximum atomic E-state index is 12.7. The second kappa shape index (κ2) is 4.41. The van der Waals surface area contributed by atoms with Crippen LogP contribution in [0.25, 0.3) is 0 Å². The third kappa shape index (κ3) is 2.75. The van der Waals surface area contributed by atoms with Gasteiger partial charge in [-0.05, 0) is 6.92 Å². The lowest BCUT2D eigenvalue weighted by Crippen LogP contribution is -2.16. The summed E-state index contributed by atoms with van der Waals surface area (Å²) in [5.74, 6) is -0.414. The Balaban J connectivity index is 2.27. The summed E-state index contributed by atoms with van der Waals surface area (Å²) in [4.78, 5) is 11.7. The summed E-state index contributed by atoms with van der Waals surface area (Å²) in [5, 5.41) is 8.78. The van der Waals surface area contributed by atoms with E-state index >= 15 is 0 Å². The Labute approximate surface area is 105 Å². The van der Waals surface area contributed by atoms with Gasteiger partial charge in [0.1, 0.15) is 5.76 Å². The van der Waals surface area contributed by atoms with Crippen LogP contribution in [0.2, 0.25) is 0 Å². The van der Waals surface area contributed by atoms with E-state index in [9.17, 15) is 18.0 Å². The van der Waals surface area contributed by atoms with E-state index in [1.807, 2.05) is 0 Å². The predicted octanol–water partition coefficient (Wildman–Crippen LogP) is 1.99. The van der Waals surface area contributed by atoms with Crippen LogP contribution in [0, 0.1) is 6.92 Å². The monoisotopic (exact) mass is 274 g/mol. The molecular formula is C10H9F3N4O2. The molecule has 0 spiro atoms. The normalized spacial score (nSPS) is 11.6. The van der Waals surface area contributed by atoms with Gasteiger partial charge in [0.05, 0.1) is 5.69 Å². The summed E-state index contributed by atoms with van der Waals surface area (Å²) in [5.41, 5.74) is -1.70. The lowest BCUT2D eigenvalue weighted by atomic mass is 10.3. The zero-order chi connectivity index (χ0) is 14.2. The van der Waals surface area contributed by atoms with Crippen LogP contribution in [0.3, 0.4) is 0 Å². The summed E-state index contributed by atoms with van der Waals surface area (Å²) < 4.78 is 43.6. The molecular weight excluding hydrogens is 265 g/mol. The summed E-state index contributed by atoms with van der Waals surface area (Å²) in [7, 11) is 1.32. The Morgan fingerprint density at radius 1 is 1.47 bits per heavy atom. The third-order valence-corrected chi connectivity index (χ3v) is 2.21. The number of carbonyl (C=O) groups excluding carboxylic acids is 1. The number of alkyl halides is 3. The highest BCUT2D eigenvalue weighted by Gasteiger charge is 2.37. The lowest BCUT2D eigenvalue weighted by molar-refractivity contribution is -0.140. The number of halogens is 3. The highest BCUT2D eigenvalue weighted by Crippen LogP contribution is 2.33. The van der Waals surface area contributed by atoms with Gasteiger partial charge in [-0.25, -0.2) is 0 Å². The van der Waals surface area contributed by atoms with Gasteiger partial charge in [-0.15, -0.1) is 0 Å². The Morgan fingerprint density at radius 2 is 2.16 bits per heavy atom. The number of nitrogens with zero attached hydrogens (tertiary/aromatic N) is 3. The molecule has 0 aromatic carbocycles. The van der Waals surface area contributed by atoms with Gasteiger partial charge in [0, 0.05) is 19.3 Å². The molecule has 9 heteroatoms. The van der Waals surface area contributed by atoms with Gasteiger partial charge in [0.25, 0.3) is 5.91 Å². The molecule has 0 fully saturated rings. The number of hydrogen-bond acceptors (Lipinski definition) is 4. The zero-order valence-corrected chi connectivity index (χ0v) is 9.95. The molecule has 0 unspecified atom stereocenters. The van der Waals surface area contributed by atoms with Crippen molar-refractivity contribution in [2.24, 2.45) is 7.05 Å². The molecule has 2 aromatic rings. The molecule has 1 N–H and O–H groups in total. The Bertz CT molecular complexity index is 615. The van der Waals surface area contributed by atoms with Crippen LogP contribution < -0.4 is 5.32 Å². The van der Waals surface area contributed by atoms with Crippen LogP contribution in [0.5, 0.6) is 0 Å². The minimum atomic E-state index is -4.65. The van der Waals surface area contributed by atoms with Crippen LogP contribution in [-0.4, -0.2) is 20.8 Å². The van der Waals surface area contributed by atoms with E-state index in [1.165, 1.54) is 13.1 Å². The number of nitrogens with one attached hydrogen (secondary N) is 1. The second-order valence-electron chi connectivity index (χ2n) is 3.84. The Kier molecular flexibility index (Phi) is 3.05. The molecule has 2 heterocycles. The molecule has 2 aromatic heterocycles. The van der Waals surface area contributed by atoms with Gasteiger partial charge in [-0.1, -0.05) is 5.16 Å². The van der Waals surface area contributed by atoms with E-state index in [1.54, 1.807) is 6.92 Å². The van der Waals surface area contributed by atoms with E-state index in [0.717, 1.165) is 10.9 Å². The van der Waals surface area contributed by atoms with Crippen molar-refractivity contribution in [1.82, 2.24) is 14.9 Å². The first-order chi connectivity index (χ1) is 8.77. The van der Waals surface area contributed by atoms with Crippen molar-refractivity contribution in [3.05, 3.63) is 29.4 Å². The van der Waals surface area contributed by atoms with Crippen LogP contribution >= 0.6 is 0 Å². The van der Waals surface area contributed by atoms with Gasteiger partial charge < -0.3 is 9.84 Å². The van der Waals surface area contributed by atoms with Crippen LogP contribution in [-0.2, 0) is 13.2 Å². The van der Waals surface area contributed by atoms with E-state index < -0.39 is 23.5 Å². The average molecular weight is 274 g/mol. The van der Waals surface area contributed by atoms with Gasteiger partial charge in [0.15, 0.2) is 11.4 Å². The molecule has 0 saturated carbocycles. The number of carbonyl (C=O) groups is 1. The van der Waals surface area contributed by atoms with Crippen LogP contribution in [0.1, 0.15) is 21.9 Å². The molecule has 0 aliphatic rings. The molecule has 102 valence electrons. The first-order valence-corrected chi connectivity index (χ1v) is 5.13. The standard InChI is InChI=1S/C10H9F3N4O2/c1-5-3-6(16-19-5)9(18)14-7-4-17(2)15-8(7)10(11,12)13/h3-4H,1-2H3,(H,14,18). The summed E-state index contributed by atoms with van der Waals surface area (Å²) >= 11 is 0. The number of aryl methyl sites for hydroxylation is 2. The van der Waals surface area contributed by atoms with Gasteiger partial charge in [-0.3, -0.25) is 9.48 Å². The van der Waals surface area contributed by atoms with Crippen molar-refractivity contribution in [2.75, 3.05) is 5.32 Å². The SMILES string of the molecule is Cc1cc(C(=O)Nc2cn(C)nc2C(F)(F)F)no1. The molecule has 2 rings (SSSR count). The van der Waals surface area contributed by atoms with Crippen molar-refractivity contribution in [3.8, 4) is 0 Å². The summed E-state index contributed by atoms with van der Waals surface area (Å²) in [6.45, 7) is 1.56. The van der Waals surface area contributed by atoms with E-state index in [-0.39, 0.29) is 5.69 Å². The van der Waals surface area contributed by atoms with Crippen molar-refractivity contribution in [3.63, 3.8) is 0 Å². The smallest absolute Gasteiger partial charge is 0.361 e. The Hall–Kier alpha value is -2.32. The average Bonchev–Trinajstić information content (AvgIpc) is 2.84.